The zero-order valence-electron chi connectivity index (χ0n) is 48.5. The van der Waals surface area contributed by atoms with Gasteiger partial charge < -0.3 is 40.2 Å². The van der Waals surface area contributed by atoms with Crippen LogP contribution in [0.25, 0.3) is 33.4 Å². The Kier molecular flexibility index (Phi) is 21.5. The zero-order valence-corrected chi connectivity index (χ0v) is 50.1. The lowest BCUT2D eigenvalue weighted by Crippen LogP contribution is -2.32. The fourth-order valence-corrected chi connectivity index (χ4v) is 9.87. The highest BCUT2D eigenvalue weighted by molar-refractivity contribution is 6.32. The SMILES string of the molecule is C[C@@H](NC(=O)c1cncc(C2=CCOCC2)c1)c1ccc(-c2cc(C(F)(F)F)ccc2CNC(=O)OC(C)(C)C)cc1Cl.C[C@@H](NC(=O)c1cncc(C2=CCOCC2)c1)c1ccc(-c2cc(C(F)(F)F)ccc2CNC(=O)OC(C)(C)C)cc1Cl. The Morgan fingerprint density at radius 2 is 0.919 bits per heavy atom. The van der Waals surface area contributed by atoms with Crippen molar-refractivity contribution in [3.8, 4) is 22.3 Å². The molecule has 22 heteroatoms. The van der Waals surface area contributed by atoms with Crippen LogP contribution >= 0.6 is 23.2 Å². The van der Waals surface area contributed by atoms with Crippen molar-refractivity contribution >= 4 is 58.3 Å². The predicted octanol–water partition coefficient (Wildman–Crippen LogP) is 15.5. The van der Waals surface area contributed by atoms with E-state index < -0.39 is 59.0 Å². The second-order valence-corrected chi connectivity index (χ2v) is 23.2. The molecule has 0 radical (unpaired) electrons. The molecule has 2 aliphatic heterocycles. The van der Waals surface area contributed by atoms with Gasteiger partial charge in [-0.05, 0) is 184 Å². The number of aromatic nitrogens is 2. The van der Waals surface area contributed by atoms with Crippen molar-refractivity contribution < 1.29 is 64.5 Å². The van der Waals surface area contributed by atoms with Gasteiger partial charge in [0.05, 0.1) is 60.8 Å². The molecular formula is C64H66Cl2F6N6O8. The molecule has 0 aliphatic carbocycles. The Balaban J connectivity index is 0.000000246. The van der Waals surface area contributed by atoms with Gasteiger partial charge in [0.2, 0.25) is 0 Å². The van der Waals surface area contributed by atoms with Crippen LogP contribution in [-0.2, 0) is 44.4 Å². The molecule has 0 fully saturated rings. The topological polar surface area (TPSA) is 179 Å². The van der Waals surface area contributed by atoms with Gasteiger partial charge >= 0.3 is 24.5 Å². The van der Waals surface area contributed by atoms with Crippen molar-refractivity contribution in [3.05, 3.63) is 188 Å². The molecule has 8 rings (SSSR count). The van der Waals surface area contributed by atoms with Crippen LogP contribution in [0.4, 0.5) is 35.9 Å². The number of benzene rings is 4. The minimum absolute atomic E-state index is 0.0642. The van der Waals surface area contributed by atoms with Gasteiger partial charge in [-0.25, -0.2) is 9.59 Å². The number of nitrogens with zero attached hydrogens (tertiary/aromatic N) is 2. The van der Waals surface area contributed by atoms with Crippen LogP contribution in [0.3, 0.4) is 0 Å². The quantitative estimate of drug-likeness (QED) is 0.0767. The molecule has 2 aromatic heterocycles. The first kappa shape index (κ1) is 65.8. The first-order chi connectivity index (χ1) is 40.4. The number of hydrogen-bond acceptors (Lipinski definition) is 10. The summed E-state index contributed by atoms with van der Waals surface area (Å²) >= 11 is 13.2. The molecule has 2 aliphatic rings. The summed E-state index contributed by atoms with van der Waals surface area (Å²) in [7, 11) is 0. The Labute approximate surface area is 505 Å². The minimum Gasteiger partial charge on any atom is -0.444 e. The lowest BCUT2D eigenvalue weighted by Gasteiger charge is -2.21. The fraction of sp³-hybridized carbons (Fsp3) is 0.344. The first-order valence-corrected chi connectivity index (χ1v) is 28.2. The normalized spacial score (nSPS) is 14.5. The maximum Gasteiger partial charge on any atom is 0.416 e. The minimum atomic E-state index is -4.57. The smallest absolute Gasteiger partial charge is 0.416 e. The van der Waals surface area contributed by atoms with Gasteiger partial charge in [0.25, 0.3) is 11.8 Å². The van der Waals surface area contributed by atoms with Crippen molar-refractivity contribution in [2.75, 3.05) is 26.4 Å². The summed E-state index contributed by atoms with van der Waals surface area (Å²) < 4.78 is 103. The van der Waals surface area contributed by atoms with E-state index in [9.17, 15) is 45.5 Å². The molecule has 0 unspecified atom stereocenters. The molecule has 4 N–H and O–H groups in total. The van der Waals surface area contributed by atoms with Gasteiger partial charge in [-0.2, -0.15) is 26.3 Å². The first-order valence-electron chi connectivity index (χ1n) is 27.4. The van der Waals surface area contributed by atoms with E-state index in [1.54, 1.807) is 116 Å². The lowest BCUT2D eigenvalue weighted by atomic mass is 9.95. The number of rotatable bonds is 14. The third kappa shape index (κ3) is 18.6. The van der Waals surface area contributed by atoms with Crippen LogP contribution in [0, 0.1) is 0 Å². The molecule has 2 atom stereocenters. The van der Waals surface area contributed by atoms with Crippen molar-refractivity contribution in [2.45, 2.75) is 117 Å². The van der Waals surface area contributed by atoms with Crippen molar-refractivity contribution in [3.63, 3.8) is 0 Å². The second-order valence-electron chi connectivity index (χ2n) is 22.3. The predicted molar refractivity (Wildman–Crippen MR) is 317 cm³/mol. The zero-order chi connectivity index (χ0) is 62.7. The molecule has 0 saturated carbocycles. The number of nitrogens with one attached hydrogen (secondary N) is 4. The van der Waals surface area contributed by atoms with Crippen LogP contribution < -0.4 is 21.3 Å². The van der Waals surface area contributed by atoms with Crippen molar-refractivity contribution in [1.29, 1.82) is 0 Å². The van der Waals surface area contributed by atoms with Gasteiger partial charge in [-0.1, -0.05) is 71.8 Å². The number of alkyl carbamates (subject to hydrolysis) is 2. The molecule has 0 bridgehead atoms. The monoisotopic (exact) mass is 1230 g/mol. The fourth-order valence-electron chi connectivity index (χ4n) is 9.18. The molecule has 14 nitrogen and oxygen atoms in total. The highest BCUT2D eigenvalue weighted by atomic mass is 35.5. The Hall–Kier alpha value is -7.78. The maximum absolute atomic E-state index is 13.6. The Bertz CT molecular complexity index is 3290. The summed E-state index contributed by atoms with van der Waals surface area (Å²) in [5.74, 6) is -0.689. The maximum atomic E-state index is 13.6. The van der Waals surface area contributed by atoms with Crippen molar-refractivity contribution in [1.82, 2.24) is 31.2 Å². The van der Waals surface area contributed by atoms with E-state index in [0.29, 0.717) is 70.9 Å². The molecule has 4 amide bonds. The van der Waals surface area contributed by atoms with E-state index in [-0.39, 0.29) is 46.1 Å². The Morgan fingerprint density at radius 1 is 0.535 bits per heavy atom. The van der Waals surface area contributed by atoms with Crippen LogP contribution in [-0.4, -0.2) is 71.6 Å². The average Bonchev–Trinajstić information content (AvgIpc) is 2.25. The van der Waals surface area contributed by atoms with E-state index in [4.69, 9.17) is 42.1 Å². The summed E-state index contributed by atoms with van der Waals surface area (Å²) in [5.41, 5.74) is 4.84. The van der Waals surface area contributed by atoms with Gasteiger partial charge in [-0.15, -0.1) is 0 Å². The number of alkyl halides is 6. The van der Waals surface area contributed by atoms with Gasteiger partial charge in [0.15, 0.2) is 0 Å². The van der Waals surface area contributed by atoms with Crippen LogP contribution in [0.5, 0.6) is 0 Å². The lowest BCUT2D eigenvalue weighted by molar-refractivity contribution is -0.138. The summed E-state index contributed by atoms with van der Waals surface area (Å²) in [6, 6.07) is 18.8. The summed E-state index contributed by atoms with van der Waals surface area (Å²) in [5, 5.41) is 11.5. The molecule has 6 aromatic rings. The standard InChI is InChI=1S/2C32H33ClF3N3O4/c2*1-19(39-29(40)24-13-23(16-37-17-24)20-9-11-42-12-10-20)26-8-6-21(14-28(26)33)27-15-25(32(34,35)36)7-5-22(27)18-38-30(41)43-31(2,3)4/h2*5-9,13-17,19H,10-12,18H2,1-4H3,(H,38,41)(H,39,40)/t2*19-/m11/s1. The van der Waals surface area contributed by atoms with E-state index in [1.807, 2.05) is 12.2 Å². The molecule has 86 heavy (non-hydrogen) atoms. The molecule has 4 aromatic carbocycles. The van der Waals surface area contributed by atoms with Crippen LogP contribution in [0.1, 0.15) is 146 Å². The molecule has 0 saturated heterocycles. The van der Waals surface area contributed by atoms with Gasteiger partial charge in [0, 0.05) is 47.9 Å². The number of halogens is 8. The van der Waals surface area contributed by atoms with Crippen molar-refractivity contribution in [2.24, 2.45) is 0 Å². The number of amides is 4. The third-order valence-electron chi connectivity index (χ3n) is 13.4. The highest BCUT2D eigenvalue weighted by Gasteiger charge is 2.33. The summed E-state index contributed by atoms with van der Waals surface area (Å²) in [6.07, 6.45) is 1.26. The molecular weight excluding hydrogens is 1170 g/mol. The van der Waals surface area contributed by atoms with E-state index in [0.717, 1.165) is 59.4 Å². The van der Waals surface area contributed by atoms with E-state index in [1.165, 1.54) is 24.5 Å². The molecule has 4 heterocycles. The largest absolute Gasteiger partial charge is 0.444 e. The van der Waals surface area contributed by atoms with Gasteiger partial charge in [0.1, 0.15) is 11.2 Å². The number of hydrogen-bond donors (Lipinski definition) is 4. The Morgan fingerprint density at radius 3 is 1.24 bits per heavy atom. The van der Waals surface area contributed by atoms with E-state index in [2.05, 4.69) is 31.2 Å². The number of carbonyl (C=O) groups is 4. The number of pyridine rings is 2. The van der Waals surface area contributed by atoms with Crippen LogP contribution in [0.2, 0.25) is 10.0 Å². The number of carbonyl (C=O) groups excluding carboxylic acids is 4. The van der Waals surface area contributed by atoms with Crippen LogP contribution in [0.15, 0.2) is 122 Å². The number of ether oxygens (including phenoxy) is 4. The molecule has 456 valence electrons. The molecule has 0 spiro atoms. The summed E-state index contributed by atoms with van der Waals surface area (Å²) in [4.78, 5) is 58.9. The highest BCUT2D eigenvalue weighted by Crippen LogP contribution is 2.39. The summed E-state index contributed by atoms with van der Waals surface area (Å²) in [6.45, 7) is 15.9. The van der Waals surface area contributed by atoms with Gasteiger partial charge in [-0.3, -0.25) is 19.6 Å². The average molecular weight is 1230 g/mol. The third-order valence-corrected chi connectivity index (χ3v) is 14.1. The van der Waals surface area contributed by atoms with E-state index >= 15 is 0 Å². The second kappa shape index (κ2) is 28.2.